The van der Waals surface area contributed by atoms with Crippen molar-refractivity contribution in [1.29, 1.82) is 5.26 Å². The Hall–Kier alpha value is -2.13. The Balaban J connectivity index is 1.87. The van der Waals surface area contributed by atoms with Gasteiger partial charge in [-0.15, -0.1) is 0 Å². The summed E-state index contributed by atoms with van der Waals surface area (Å²) < 4.78 is 0. The molecular weight excluding hydrogens is 256 g/mol. The minimum absolute atomic E-state index is 0.0875. The van der Waals surface area contributed by atoms with Crippen LogP contribution >= 0.6 is 0 Å². The molecule has 1 aromatic rings. The molecule has 0 unspecified atom stereocenters. The number of carboxylic acids is 1. The third-order valence-electron chi connectivity index (χ3n) is 3.65. The second-order valence-corrected chi connectivity index (χ2v) is 4.93. The van der Waals surface area contributed by atoms with Crippen LogP contribution < -0.4 is 5.32 Å². The summed E-state index contributed by atoms with van der Waals surface area (Å²) >= 11 is 0. The Morgan fingerprint density at radius 2 is 2.40 bits per heavy atom. The molecule has 1 saturated carbocycles. The van der Waals surface area contributed by atoms with Crippen LogP contribution in [0.4, 0.5) is 5.69 Å². The average molecular weight is 274 g/mol. The highest BCUT2D eigenvalue weighted by atomic mass is 16.4. The maximum Gasteiger partial charge on any atom is 0.317 e. The van der Waals surface area contributed by atoms with Crippen molar-refractivity contribution >= 4 is 11.7 Å². The second kappa shape index (κ2) is 6.35. The van der Waals surface area contributed by atoms with E-state index in [1.54, 1.807) is 12.3 Å². The zero-order chi connectivity index (χ0) is 14.5. The van der Waals surface area contributed by atoms with Gasteiger partial charge in [-0.05, 0) is 31.5 Å². The molecule has 1 fully saturated rings. The summed E-state index contributed by atoms with van der Waals surface area (Å²) in [6.45, 7) is 2.79. The van der Waals surface area contributed by atoms with Crippen LogP contribution in [0, 0.1) is 11.3 Å². The number of aliphatic carboxylic acids is 1. The summed E-state index contributed by atoms with van der Waals surface area (Å²) in [6.07, 6.45) is 3.38. The van der Waals surface area contributed by atoms with Gasteiger partial charge in [0.25, 0.3) is 0 Å². The lowest BCUT2D eigenvalue weighted by Crippen LogP contribution is -2.51. The molecule has 6 nitrogen and oxygen atoms in total. The molecule has 1 aromatic heterocycles. The second-order valence-electron chi connectivity index (χ2n) is 4.93. The van der Waals surface area contributed by atoms with Crippen molar-refractivity contribution < 1.29 is 9.90 Å². The van der Waals surface area contributed by atoms with E-state index in [1.807, 2.05) is 17.9 Å². The number of carboxylic acid groups (broad SMARTS) is 1. The first-order chi connectivity index (χ1) is 9.63. The summed E-state index contributed by atoms with van der Waals surface area (Å²) in [5.41, 5.74) is 1.15. The molecule has 106 valence electrons. The van der Waals surface area contributed by atoms with E-state index in [2.05, 4.69) is 16.4 Å². The first kappa shape index (κ1) is 14.3. The van der Waals surface area contributed by atoms with Crippen molar-refractivity contribution in [3.63, 3.8) is 0 Å². The van der Waals surface area contributed by atoms with Gasteiger partial charge in [0.2, 0.25) is 0 Å². The van der Waals surface area contributed by atoms with Crippen LogP contribution in [-0.4, -0.2) is 46.1 Å². The fourth-order valence-corrected chi connectivity index (χ4v) is 2.51. The van der Waals surface area contributed by atoms with Crippen LogP contribution in [0.5, 0.6) is 0 Å². The summed E-state index contributed by atoms with van der Waals surface area (Å²) in [7, 11) is 0. The van der Waals surface area contributed by atoms with Crippen molar-refractivity contribution in [2.45, 2.75) is 31.8 Å². The first-order valence-electron chi connectivity index (χ1n) is 6.71. The van der Waals surface area contributed by atoms with Crippen LogP contribution in [0.15, 0.2) is 18.3 Å². The van der Waals surface area contributed by atoms with Gasteiger partial charge in [0.15, 0.2) is 5.69 Å². The highest BCUT2D eigenvalue weighted by molar-refractivity contribution is 5.69. The van der Waals surface area contributed by atoms with Gasteiger partial charge in [0, 0.05) is 18.3 Å². The predicted octanol–water partition coefficient (Wildman–Crippen LogP) is 1.30. The molecule has 1 aliphatic rings. The SMILES string of the molecule is CCN(CC(=O)O)C1CC(Nc2cccnc2C#N)C1. The topological polar surface area (TPSA) is 89.2 Å². The lowest BCUT2D eigenvalue weighted by Gasteiger charge is -2.42. The van der Waals surface area contributed by atoms with E-state index < -0.39 is 5.97 Å². The Morgan fingerprint density at radius 3 is 3.00 bits per heavy atom. The van der Waals surface area contributed by atoms with E-state index in [4.69, 9.17) is 10.4 Å². The Morgan fingerprint density at radius 1 is 1.65 bits per heavy atom. The van der Waals surface area contributed by atoms with Gasteiger partial charge in [-0.2, -0.15) is 5.26 Å². The number of nitrogens with one attached hydrogen (secondary N) is 1. The number of likely N-dealkylation sites (N-methyl/N-ethyl adjacent to an activating group) is 1. The van der Waals surface area contributed by atoms with Gasteiger partial charge in [0.05, 0.1) is 12.2 Å². The molecule has 6 heteroatoms. The summed E-state index contributed by atoms with van der Waals surface area (Å²) in [5.74, 6) is -0.790. The third-order valence-corrected chi connectivity index (χ3v) is 3.65. The highest BCUT2D eigenvalue weighted by Gasteiger charge is 2.34. The number of nitriles is 1. The first-order valence-corrected chi connectivity index (χ1v) is 6.71. The van der Waals surface area contributed by atoms with Crippen molar-refractivity contribution in [2.24, 2.45) is 0 Å². The molecule has 1 aliphatic carbocycles. The lowest BCUT2D eigenvalue weighted by molar-refractivity contribution is -0.139. The van der Waals surface area contributed by atoms with Crippen molar-refractivity contribution in [3.05, 3.63) is 24.0 Å². The van der Waals surface area contributed by atoms with Gasteiger partial charge >= 0.3 is 5.97 Å². The van der Waals surface area contributed by atoms with Gasteiger partial charge in [0.1, 0.15) is 6.07 Å². The van der Waals surface area contributed by atoms with Crippen LogP contribution in [0.25, 0.3) is 0 Å². The minimum atomic E-state index is -0.790. The standard InChI is InChI=1S/C14H18N4O2/c1-2-18(9-14(19)20)11-6-10(7-11)17-12-4-3-5-16-13(12)8-15/h3-5,10-11,17H,2,6-7,9H2,1H3,(H,19,20). The van der Waals surface area contributed by atoms with E-state index in [-0.39, 0.29) is 12.6 Å². The normalized spacial score (nSPS) is 21.1. The molecule has 2 N–H and O–H groups in total. The van der Waals surface area contributed by atoms with E-state index in [0.29, 0.717) is 11.7 Å². The van der Waals surface area contributed by atoms with E-state index in [0.717, 1.165) is 25.1 Å². The fourth-order valence-electron chi connectivity index (χ4n) is 2.51. The number of rotatable bonds is 6. The fraction of sp³-hybridized carbons (Fsp3) is 0.500. The van der Waals surface area contributed by atoms with Gasteiger partial charge in [-0.25, -0.2) is 4.98 Å². The number of anilines is 1. The Bertz CT molecular complexity index is 520. The Labute approximate surface area is 118 Å². The van der Waals surface area contributed by atoms with Crippen LogP contribution in [0.1, 0.15) is 25.5 Å². The predicted molar refractivity (Wildman–Crippen MR) is 74.3 cm³/mol. The van der Waals surface area contributed by atoms with Gasteiger partial charge in [-0.1, -0.05) is 6.92 Å². The molecule has 0 saturated heterocycles. The smallest absolute Gasteiger partial charge is 0.317 e. The molecule has 2 rings (SSSR count). The molecule has 1 heterocycles. The molecular formula is C14H18N4O2. The van der Waals surface area contributed by atoms with E-state index >= 15 is 0 Å². The molecule has 0 aromatic carbocycles. The monoisotopic (exact) mass is 274 g/mol. The Kier molecular flexibility index (Phi) is 4.53. The highest BCUT2D eigenvalue weighted by Crippen LogP contribution is 2.29. The van der Waals surface area contributed by atoms with Gasteiger partial charge in [-0.3, -0.25) is 9.69 Å². The molecule has 20 heavy (non-hydrogen) atoms. The number of nitrogens with zero attached hydrogens (tertiary/aromatic N) is 3. The van der Waals surface area contributed by atoms with Crippen LogP contribution in [0.2, 0.25) is 0 Å². The number of hydrogen-bond donors (Lipinski definition) is 2. The lowest BCUT2D eigenvalue weighted by atomic mass is 9.85. The van der Waals surface area contributed by atoms with Crippen molar-refractivity contribution in [1.82, 2.24) is 9.88 Å². The van der Waals surface area contributed by atoms with Crippen molar-refractivity contribution in [2.75, 3.05) is 18.4 Å². The number of aromatic nitrogens is 1. The molecule has 0 bridgehead atoms. The van der Waals surface area contributed by atoms with E-state index in [9.17, 15) is 4.79 Å². The third kappa shape index (κ3) is 3.25. The molecule has 0 atom stereocenters. The van der Waals surface area contributed by atoms with Crippen molar-refractivity contribution in [3.8, 4) is 6.07 Å². The average Bonchev–Trinajstić information content (AvgIpc) is 2.40. The largest absolute Gasteiger partial charge is 0.480 e. The number of hydrogen-bond acceptors (Lipinski definition) is 5. The maximum absolute atomic E-state index is 10.8. The zero-order valence-corrected chi connectivity index (χ0v) is 11.4. The molecule has 0 aliphatic heterocycles. The molecule has 0 radical (unpaired) electrons. The minimum Gasteiger partial charge on any atom is -0.480 e. The number of pyridine rings is 1. The van der Waals surface area contributed by atoms with E-state index in [1.165, 1.54) is 0 Å². The van der Waals surface area contributed by atoms with Crippen LogP contribution in [0.3, 0.4) is 0 Å². The van der Waals surface area contributed by atoms with Crippen LogP contribution in [-0.2, 0) is 4.79 Å². The molecule has 0 amide bonds. The molecule has 0 spiro atoms. The number of carbonyl (C=O) groups is 1. The zero-order valence-electron chi connectivity index (χ0n) is 11.4. The maximum atomic E-state index is 10.8. The summed E-state index contributed by atoms with van der Waals surface area (Å²) in [6, 6.07) is 6.27. The quantitative estimate of drug-likeness (QED) is 0.812. The summed E-state index contributed by atoms with van der Waals surface area (Å²) in [4.78, 5) is 16.7. The summed E-state index contributed by atoms with van der Waals surface area (Å²) in [5, 5.41) is 21.1. The van der Waals surface area contributed by atoms with Gasteiger partial charge < -0.3 is 10.4 Å².